The molecule has 2 saturated heterocycles. The van der Waals surface area contributed by atoms with Gasteiger partial charge in [-0.1, -0.05) is 5.16 Å². The van der Waals surface area contributed by atoms with E-state index in [1.54, 1.807) is 11.3 Å². The number of fused-ring (bicyclic) bond motifs is 4. The van der Waals surface area contributed by atoms with Crippen LogP contribution in [0.2, 0.25) is 0 Å². The molecule has 210 valence electrons. The van der Waals surface area contributed by atoms with Crippen LogP contribution < -0.4 is 15.8 Å². The van der Waals surface area contributed by atoms with Gasteiger partial charge in [0.15, 0.2) is 17.3 Å². The van der Waals surface area contributed by atoms with Crippen LogP contribution in [0.25, 0.3) is 11.5 Å². The number of ether oxygens (including phenoxy) is 1. The number of nitrogens with zero attached hydrogens (tertiary/aromatic N) is 5. The second-order valence-electron chi connectivity index (χ2n) is 12.0. The van der Waals surface area contributed by atoms with Crippen molar-refractivity contribution >= 4 is 16.3 Å². The normalized spacial score (nSPS) is 26.9. The number of nitrogens with two attached hydrogens (primary N) is 1. The Morgan fingerprint density at radius 1 is 1.25 bits per heavy atom. The van der Waals surface area contributed by atoms with Gasteiger partial charge in [0, 0.05) is 35.0 Å². The van der Waals surface area contributed by atoms with Crippen LogP contribution in [-0.2, 0) is 18.3 Å². The van der Waals surface area contributed by atoms with Gasteiger partial charge in [-0.05, 0) is 90.4 Å². The summed E-state index contributed by atoms with van der Waals surface area (Å²) in [5.74, 6) is 2.38. The molecule has 0 amide bonds. The van der Waals surface area contributed by atoms with Crippen LogP contribution in [0.5, 0.6) is 5.88 Å². The average molecular weight is 560 g/mol. The number of hydrogen-bond acceptors (Lipinski definition) is 10. The molecule has 5 heterocycles. The molecule has 4 atom stereocenters. The number of likely N-dealkylation sites (N-methyl/N-ethyl adjacent to an activating group) is 1. The number of aryl methyl sites for hydroxylation is 1. The fraction of sp³-hybridized carbons (Fsp3) is 0.600. The van der Waals surface area contributed by atoms with Gasteiger partial charge in [-0.2, -0.15) is 10.2 Å². The van der Waals surface area contributed by atoms with Gasteiger partial charge >= 0.3 is 0 Å². The van der Waals surface area contributed by atoms with Crippen molar-refractivity contribution in [2.45, 2.75) is 88.2 Å². The molecule has 3 aromatic rings. The predicted octanol–water partition coefficient (Wildman–Crippen LogP) is 4.54. The molecule has 0 bridgehead atoms. The van der Waals surface area contributed by atoms with Gasteiger partial charge in [-0.25, -0.2) is 4.98 Å². The third-order valence-corrected chi connectivity index (χ3v) is 10.8. The SMILES string of the molecule is C[C@H](Oc1cc([C@H]2CCNC2)nc(-c2noc3c2CCC[C@@]32CCCc3sc(N)c(C#N)c32)n1)[C@@H]1CCCN1C. The van der Waals surface area contributed by atoms with E-state index in [2.05, 4.69) is 35.4 Å². The fourth-order valence-electron chi connectivity index (χ4n) is 7.74. The monoisotopic (exact) mass is 559 g/mol. The van der Waals surface area contributed by atoms with Crippen molar-refractivity contribution in [2.24, 2.45) is 0 Å². The molecule has 3 aromatic heterocycles. The Morgan fingerprint density at radius 3 is 2.85 bits per heavy atom. The number of nitrogens with one attached hydrogen (secondary N) is 1. The molecule has 40 heavy (non-hydrogen) atoms. The van der Waals surface area contributed by atoms with E-state index in [-0.39, 0.29) is 11.5 Å². The maximum Gasteiger partial charge on any atom is 0.217 e. The second-order valence-corrected chi connectivity index (χ2v) is 13.2. The molecule has 7 rings (SSSR count). The van der Waals surface area contributed by atoms with Crippen LogP contribution in [0.15, 0.2) is 10.6 Å². The highest BCUT2D eigenvalue weighted by molar-refractivity contribution is 7.16. The molecule has 2 aliphatic carbocycles. The maximum atomic E-state index is 10.0. The molecular formula is C30H37N7O2S. The minimum atomic E-state index is -0.362. The highest BCUT2D eigenvalue weighted by Gasteiger charge is 2.49. The first-order chi connectivity index (χ1) is 19.5. The number of hydrogen-bond donors (Lipinski definition) is 2. The number of thiophene rings is 1. The fourth-order valence-corrected chi connectivity index (χ4v) is 8.90. The van der Waals surface area contributed by atoms with Gasteiger partial charge in [-0.3, -0.25) is 4.90 Å². The highest BCUT2D eigenvalue weighted by Crippen LogP contribution is 2.55. The third-order valence-electron chi connectivity index (χ3n) is 9.70. The van der Waals surface area contributed by atoms with E-state index in [1.807, 2.05) is 6.07 Å². The summed E-state index contributed by atoms with van der Waals surface area (Å²) in [5, 5.41) is 18.8. The summed E-state index contributed by atoms with van der Waals surface area (Å²) in [6, 6.07) is 4.81. The Bertz CT molecular complexity index is 1470. The molecule has 0 unspecified atom stereocenters. The summed E-state index contributed by atoms with van der Waals surface area (Å²) < 4.78 is 12.8. The number of nitrogen functional groups attached to an aromatic ring is 1. The van der Waals surface area contributed by atoms with E-state index in [9.17, 15) is 5.26 Å². The van der Waals surface area contributed by atoms with Crippen LogP contribution >= 0.6 is 11.3 Å². The molecule has 2 fully saturated rings. The molecule has 0 radical (unpaired) electrons. The van der Waals surface area contributed by atoms with Gasteiger partial charge < -0.3 is 20.3 Å². The van der Waals surface area contributed by atoms with Crippen molar-refractivity contribution in [3.8, 4) is 23.5 Å². The van der Waals surface area contributed by atoms with E-state index in [1.165, 1.54) is 11.3 Å². The summed E-state index contributed by atoms with van der Waals surface area (Å²) in [6.45, 7) is 5.13. The van der Waals surface area contributed by atoms with E-state index in [0.29, 0.717) is 39.9 Å². The van der Waals surface area contributed by atoms with Gasteiger partial charge in [0.1, 0.15) is 17.2 Å². The van der Waals surface area contributed by atoms with Crippen molar-refractivity contribution in [1.29, 1.82) is 5.26 Å². The van der Waals surface area contributed by atoms with Crippen molar-refractivity contribution in [3.05, 3.63) is 39.1 Å². The quantitative estimate of drug-likeness (QED) is 0.463. The largest absolute Gasteiger partial charge is 0.473 e. The van der Waals surface area contributed by atoms with Crippen LogP contribution in [-0.4, -0.2) is 58.9 Å². The third kappa shape index (κ3) is 4.13. The Kier molecular flexibility index (Phi) is 6.56. The lowest BCUT2D eigenvalue weighted by Gasteiger charge is -2.39. The van der Waals surface area contributed by atoms with Crippen LogP contribution in [0.1, 0.15) is 90.8 Å². The summed E-state index contributed by atoms with van der Waals surface area (Å²) in [4.78, 5) is 13.6. The molecular weight excluding hydrogens is 522 g/mol. The van der Waals surface area contributed by atoms with Crippen molar-refractivity contribution in [3.63, 3.8) is 0 Å². The first kappa shape index (κ1) is 25.9. The Labute approximate surface area is 239 Å². The molecule has 3 N–H and O–H groups in total. The lowest BCUT2D eigenvalue weighted by molar-refractivity contribution is 0.117. The Balaban J connectivity index is 1.31. The standard InChI is InChI=1S/C30H37N7O2S/c1-17(22-7-5-13-37(22)2)38-24-14-21(18-9-12-33-16-18)34-29(35-24)26-19-6-3-10-30(27(19)39-36-26)11-4-8-23-25(30)20(15-31)28(32)40-23/h14,17-18,22,33H,3-13,16,32H2,1-2H3/t17-,18-,22-,30-/m0/s1. The number of anilines is 1. The molecule has 0 aromatic carbocycles. The van der Waals surface area contributed by atoms with Gasteiger partial charge in [0.2, 0.25) is 5.88 Å². The number of rotatable bonds is 5. The summed E-state index contributed by atoms with van der Waals surface area (Å²) in [7, 11) is 2.17. The van der Waals surface area contributed by atoms with Crippen molar-refractivity contribution < 1.29 is 9.26 Å². The molecule has 9 nitrogen and oxygen atoms in total. The zero-order valence-electron chi connectivity index (χ0n) is 23.3. The highest BCUT2D eigenvalue weighted by atomic mass is 32.1. The second kappa shape index (κ2) is 10.1. The smallest absolute Gasteiger partial charge is 0.217 e. The van der Waals surface area contributed by atoms with Gasteiger partial charge in [0.05, 0.1) is 16.7 Å². The summed E-state index contributed by atoms with van der Waals surface area (Å²) in [5.41, 5.74) is 10.5. The van der Waals surface area contributed by atoms with E-state index < -0.39 is 0 Å². The van der Waals surface area contributed by atoms with Crippen LogP contribution in [0.4, 0.5) is 5.00 Å². The molecule has 0 saturated carbocycles. The van der Waals surface area contributed by atoms with E-state index >= 15 is 0 Å². The molecule has 4 aliphatic rings. The van der Waals surface area contributed by atoms with Gasteiger partial charge in [0.25, 0.3) is 0 Å². The topological polar surface area (TPSA) is 126 Å². The summed E-state index contributed by atoms with van der Waals surface area (Å²) in [6.07, 6.45) is 9.09. The zero-order valence-corrected chi connectivity index (χ0v) is 24.1. The maximum absolute atomic E-state index is 10.0. The number of likely N-dealkylation sites (tertiary alicyclic amines) is 1. The lowest BCUT2D eigenvalue weighted by Crippen LogP contribution is -2.38. The Hall–Kier alpha value is -3.00. The Morgan fingerprint density at radius 2 is 2.10 bits per heavy atom. The van der Waals surface area contributed by atoms with Crippen molar-refractivity contribution in [2.75, 3.05) is 32.4 Å². The molecule has 1 spiro atoms. The number of aromatic nitrogens is 3. The van der Waals surface area contributed by atoms with Crippen molar-refractivity contribution in [1.82, 2.24) is 25.3 Å². The van der Waals surface area contributed by atoms with E-state index in [0.717, 1.165) is 93.6 Å². The minimum absolute atomic E-state index is 0.0217. The first-order valence-electron chi connectivity index (χ1n) is 14.8. The molecule has 2 aliphatic heterocycles. The van der Waals surface area contributed by atoms with Crippen LogP contribution in [0.3, 0.4) is 0 Å². The van der Waals surface area contributed by atoms with E-state index in [4.69, 9.17) is 25.0 Å². The van der Waals surface area contributed by atoms with Crippen LogP contribution in [0, 0.1) is 11.3 Å². The lowest BCUT2D eigenvalue weighted by atomic mass is 9.63. The zero-order chi connectivity index (χ0) is 27.4. The first-order valence-corrected chi connectivity index (χ1v) is 15.6. The number of nitriles is 1. The van der Waals surface area contributed by atoms with Gasteiger partial charge in [-0.15, -0.1) is 11.3 Å². The predicted molar refractivity (Wildman–Crippen MR) is 154 cm³/mol. The average Bonchev–Trinajstić information content (AvgIpc) is 3.75. The minimum Gasteiger partial charge on any atom is -0.473 e. The molecule has 10 heteroatoms. The summed E-state index contributed by atoms with van der Waals surface area (Å²) >= 11 is 1.56.